The van der Waals surface area contributed by atoms with Gasteiger partial charge in [-0.1, -0.05) is 0 Å². The second-order valence-corrected chi connectivity index (χ2v) is 2.66. The fourth-order valence-corrected chi connectivity index (χ4v) is 0.967. The molecule has 0 saturated heterocycles. The Balaban J connectivity index is 3.22. The molecule has 0 aliphatic heterocycles. The molecule has 0 radical (unpaired) electrons. The number of non-ortho nitro benzene ring substituents is 1. The first-order chi connectivity index (χ1) is 7.83. The van der Waals surface area contributed by atoms with Crippen LogP contribution in [0.4, 0.5) is 24.5 Å². The second kappa shape index (κ2) is 4.62. The molecule has 0 fully saturated rings. The van der Waals surface area contributed by atoms with Crippen LogP contribution in [0.5, 0.6) is 5.75 Å². The van der Waals surface area contributed by atoms with Crippen molar-refractivity contribution in [1.29, 1.82) is 0 Å². The van der Waals surface area contributed by atoms with Crippen LogP contribution in [-0.4, -0.2) is 17.4 Å². The Morgan fingerprint density at radius 3 is 2.53 bits per heavy atom. The zero-order chi connectivity index (χ0) is 13.1. The molecule has 0 N–H and O–H groups in total. The van der Waals surface area contributed by atoms with E-state index >= 15 is 0 Å². The Labute approximate surface area is 91.5 Å². The molecule has 1 aromatic rings. The fraction of sp³-hybridized carbons (Fsp3) is 0.125. The van der Waals surface area contributed by atoms with Crippen LogP contribution < -0.4 is 4.74 Å². The van der Waals surface area contributed by atoms with Gasteiger partial charge in [0.05, 0.1) is 4.92 Å². The summed E-state index contributed by atoms with van der Waals surface area (Å²) in [7, 11) is 0. The summed E-state index contributed by atoms with van der Waals surface area (Å²) in [6, 6.07) is 2.17. The Morgan fingerprint density at radius 2 is 2.06 bits per heavy atom. The third kappa shape index (κ3) is 3.58. The third-order valence-electron chi connectivity index (χ3n) is 1.55. The van der Waals surface area contributed by atoms with Gasteiger partial charge in [-0.2, -0.15) is 4.99 Å². The lowest BCUT2D eigenvalue weighted by Gasteiger charge is -2.09. The summed E-state index contributed by atoms with van der Waals surface area (Å²) in [5, 5.41) is 10.4. The fourth-order valence-electron chi connectivity index (χ4n) is 0.967. The predicted molar refractivity (Wildman–Crippen MR) is 47.6 cm³/mol. The summed E-state index contributed by atoms with van der Waals surface area (Å²) < 4.78 is 39.3. The monoisotopic (exact) mass is 248 g/mol. The molecule has 6 nitrogen and oxygen atoms in total. The number of nitrogens with zero attached hydrogens (tertiary/aromatic N) is 2. The average molecular weight is 248 g/mol. The SMILES string of the molecule is O=C=Nc1cc([N+](=O)[O-])ccc1OC(F)(F)F. The Morgan fingerprint density at radius 1 is 1.41 bits per heavy atom. The molecule has 90 valence electrons. The van der Waals surface area contributed by atoms with Crippen molar-refractivity contribution in [3.8, 4) is 5.75 Å². The number of hydrogen-bond acceptors (Lipinski definition) is 5. The standard InChI is InChI=1S/C8H3F3N2O4/c9-8(10,11)17-7-2-1-5(13(15)16)3-6(7)12-4-14/h1-3H. The summed E-state index contributed by atoms with van der Waals surface area (Å²) in [6.45, 7) is 0. The van der Waals surface area contributed by atoms with Crippen molar-refractivity contribution in [3.63, 3.8) is 0 Å². The van der Waals surface area contributed by atoms with Crippen LogP contribution in [0.1, 0.15) is 0 Å². The summed E-state index contributed by atoms with van der Waals surface area (Å²) in [4.78, 5) is 22.4. The van der Waals surface area contributed by atoms with Crippen molar-refractivity contribution in [2.45, 2.75) is 6.36 Å². The van der Waals surface area contributed by atoms with Gasteiger partial charge in [0, 0.05) is 12.1 Å². The number of halogens is 3. The largest absolute Gasteiger partial charge is 0.573 e. The normalized spacial score (nSPS) is 10.5. The molecule has 0 aromatic heterocycles. The maximum absolute atomic E-state index is 11.9. The highest BCUT2D eigenvalue weighted by molar-refractivity contribution is 5.61. The molecule has 0 aliphatic carbocycles. The summed E-state index contributed by atoms with van der Waals surface area (Å²) in [5.41, 5.74) is -1.14. The number of isocyanates is 1. The van der Waals surface area contributed by atoms with Crippen molar-refractivity contribution < 1.29 is 27.6 Å². The van der Waals surface area contributed by atoms with E-state index < -0.39 is 28.4 Å². The quantitative estimate of drug-likeness (QED) is 0.356. The van der Waals surface area contributed by atoms with E-state index in [1.807, 2.05) is 0 Å². The van der Waals surface area contributed by atoms with E-state index in [4.69, 9.17) is 0 Å². The predicted octanol–water partition coefficient (Wildman–Crippen LogP) is 2.46. The van der Waals surface area contributed by atoms with Crippen LogP contribution >= 0.6 is 0 Å². The first-order valence-corrected chi connectivity index (χ1v) is 3.95. The minimum atomic E-state index is -4.98. The Kier molecular flexibility index (Phi) is 3.44. The van der Waals surface area contributed by atoms with Gasteiger partial charge in [-0.05, 0) is 6.07 Å². The second-order valence-electron chi connectivity index (χ2n) is 2.66. The van der Waals surface area contributed by atoms with Gasteiger partial charge < -0.3 is 4.74 Å². The number of ether oxygens (including phenoxy) is 1. The molecule has 0 spiro atoms. The lowest BCUT2D eigenvalue weighted by molar-refractivity contribution is -0.384. The van der Waals surface area contributed by atoms with Gasteiger partial charge in [-0.25, -0.2) is 4.79 Å². The number of carbonyl (C=O) groups excluding carboxylic acids is 1. The van der Waals surface area contributed by atoms with Gasteiger partial charge in [-0.15, -0.1) is 13.2 Å². The molecule has 0 unspecified atom stereocenters. The van der Waals surface area contributed by atoms with Gasteiger partial charge in [0.1, 0.15) is 5.69 Å². The summed E-state index contributed by atoms with van der Waals surface area (Å²) >= 11 is 0. The van der Waals surface area contributed by atoms with Crippen molar-refractivity contribution in [1.82, 2.24) is 0 Å². The zero-order valence-electron chi connectivity index (χ0n) is 7.89. The van der Waals surface area contributed by atoms with Gasteiger partial charge in [0.25, 0.3) is 5.69 Å². The molecule has 0 heterocycles. The van der Waals surface area contributed by atoms with Crippen LogP contribution in [-0.2, 0) is 4.79 Å². The van der Waals surface area contributed by atoms with Crippen LogP contribution in [0.3, 0.4) is 0 Å². The molecule has 0 bridgehead atoms. The first kappa shape index (κ1) is 12.7. The lowest BCUT2D eigenvalue weighted by atomic mass is 10.2. The number of benzene rings is 1. The van der Waals surface area contributed by atoms with Gasteiger partial charge in [0.2, 0.25) is 6.08 Å². The highest BCUT2D eigenvalue weighted by atomic mass is 19.4. The Hall–Kier alpha value is -2.41. The molecule has 0 atom stereocenters. The molecule has 0 saturated carbocycles. The zero-order valence-corrected chi connectivity index (χ0v) is 7.89. The van der Waals surface area contributed by atoms with E-state index in [0.717, 1.165) is 12.1 Å². The summed E-state index contributed by atoms with van der Waals surface area (Å²) in [5.74, 6) is -0.813. The van der Waals surface area contributed by atoms with Gasteiger partial charge in [-0.3, -0.25) is 10.1 Å². The molecule has 9 heteroatoms. The molecule has 0 aliphatic rings. The molecule has 0 amide bonds. The average Bonchev–Trinajstić information content (AvgIpc) is 2.18. The van der Waals surface area contributed by atoms with Crippen molar-refractivity contribution in [2.24, 2.45) is 4.99 Å². The number of aliphatic imine (C=N–C) groups is 1. The molecular formula is C8H3F3N2O4. The van der Waals surface area contributed by atoms with E-state index in [1.54, 1.807) is 0 Å². The van der Waals surface area contributed by atoms with Crippen molar-refractivity contribution in [2.75, 3.05) is 0 Å². The molecule has 17 heavy (non-hydrogen) atoms. The van der Waals surface area contributed by atoms with Crippen LogP contribution in [0.25, 0.3) is 0 Å². The van der Waals surface area contributed by atoms with E-state index in [2.05, 4.69) is 9.73 Å². The van der Waals surface area contributed by atoms with Crippen LogP contribution in [0.2, 0.25) is 0 Å². The minimum absolute atomic E-state index is 0.520. The Bertz CT molecular complexity index is 494. The number of rotatable bonds is 3. The van der Waals surface area contributed by atoms with Crippen molar-refractivity contribution >= 4 is 17.5 Å². The third-order valence-corrected chi connectivity index (χ3v) is 1.55. The first-order valence-electron chi connectivity index (χ1n) is 3.95. The smallest absolute Gasteiger partial charge is 0.403 e. The topological polar surface area (TPSA) is 81.8 Å². The maximum Gasteiger partial charge on any atom is 0.573 e. The van der Waals surface area contributed by atoms with Crippen molar-refractivity contribution in [3.05, 3.63) is 28.3 Å². The highest BCUT2D eigenvalue weighted by Crippen LogP contribution is 2.34. The molecule has 1 rings (SSSR count). The maximum atomic E-state index is 11.9. The number of nitro benzene ring substituents is 1. The van der Waals surface area contributed by atoms with E-state index in [-0.39, 0.29) is 0 Å². The number of hydrogen-bond donors (Lipinski definition) is 0. The number of nitro groups is 1. The highest BCUT2D eigenvalue weighted by Gasteiger charge is 2.32. The molecular weight excluding hydrogens is 245 g/mol. The van der Waals surface area contributed by atoms with Crippen LogP contribution in [0, 0.1) is 10.1 Å². The minimum Gasteiger partial charge on any atom is -0.403 e. The van der Waals surface area contributed by atoms with E-state index in [9.17, 15) is 28.1 Å². The van der Waals surface area contributed by atoms with E-state index in [1.165, 1.54) is 0 Å². The van der Waals surface area contributed by atoms with Gasteiger partial charge >= 0.3 is 6.36 Å². The van der Waals surface area contributed by atoms with E-state index in [0.29, 0.717) is 12.1 Å². The molecule has 1 aromatic carbocycles. The lowest BCUT2D eigenvalue weighted by Crippen LogP contribution is -2.17. The summed E-state index contributed by atoms with van der Waals surface area (Å²) in [6.07, 6.45) is -4.00. The van der Waals surface area contributed by atoms with Crippen LogP contribution in [0.15, 0.2) is 23.2 Å². The number of alkyl halides is 3. The van der Waals surface area contributed by atoms with Gasteiger partial charge in [0.15, 0.2) is 5.75 Å².